The van der Waals surface area contributed by atoms with Gasteiger partial charge in [-0.2, -0.15) is 0 Å². The average molecular weight is 342 g/mol. The van der Waals surface area contributed by atoms with Gasteiger partial charge in [0.1, 0.15) is 6.61 Å². The van der Waals surface area contributed by atoms with E-state index in [9.17, 15) is 14.4 Å². The number of carboxylic acid groups (broad SMARTS) is 1. The molecule has 0 radical (unpaired) electrons. The van der Waals surface area contributed by atoms with Crippen molar-refractivity contribution in [3.63, 3.8) is 0 Å². The van der Waals surface area contributed by atoms with E-state index >= 15 is 0 Å². The Hall–Kier alpha value is -3.35. The zero-order valence-corrected chi connectivity index (χ0v) is 13.4. The van der Waals surface area contributed by atoms with E-state index in [1.165, 1.54) is 12.1 Å². The molecule has 2 aromatic carbocycles. The van der Waals surface area contributed by atoms with Crippen LogP contribution in [-0.4, -0.2) is 29.6 Å². The van der Waals surface area contributed by atoms with Gasteiger partial charge in [0, 0.05) is 17.8 Å². The van der Waals surface area contributed by atoms with Crippen LogP contribution in [-0.2, 0) is 16.1 Å². The zero-order chi connectivity index (χ0) is 18.1. The Labute approximate surface area is 144 Å². The van der Waals surface area contributed by atoms with Crippen LogP contribution in [0.25, 0.3) is 0 Å². The molecule has 0 aromatic heterocycles. The third-order valence-electron chi connectivity index (χ3n) is 3.23. The molecule has 0 atom stereocenters. The molecule has 130 valence electrons. The molecule has 2 aromatic rings. The number of aliphatic carboxylic acids is 1. The Kier molecular flexibility index (Phi) is 6.53. The molecule has 2 amide bonds. The Morgan fingerprint density at radius 1 is 0.960 bits per heavy atom. The number of ether oxygens (including phenoxy) is 1. The molecule has 0 aliphatic heterocycles. The predicted octanol–water partition coefficient (Wildman–Crippen LogP) is 2.64. The van der Waals surface area contributed by atoms with Crippen LogP contribution < -0.4 is 10.6 Å². The number of amides is 2. The number of nitrogens with one attached hydrogen (secondary N) is 2. The first kappa shape index (κ1) is 18.0. The van der Waals surface area contributed by atoms with Crippen LogP contribution in [0.1, 0.15) is 22.3 Å². The molecule has 7 nitrogen and oxygen atoms in total. The molecule has 0 bridgehead atoms. The Balaban J connectivity index is 1.80. The molecule has 0 heterocycles. The lowest BCUT2D eigenvalue weighted by molar-refractivity contribution is -0.136. The molecule has 2 rings (SSSR count). The molecule has 0 aliphatic carbocycles. The second-order valence-corrected chi connectivity index (χ2v) is 5.16. The molecule has 0 saturated carbocycles. The summed E-state index contributed by atoms with van der Waals surface area (Å²) >= 11 is 0. The second-order valence-electron chi connectivity index (χ2n) is 5.16. The minimum absolute atomic E-state index is 0.0555. The van der Waals surface area contributed by atoms with E-state index < -0.39 is 12.1 Å². The number of hydrogen-bond donors (Lipinski definition) is 3. The van der Waals surface area contributed by atoms with Crippen LogP contribution in [0.5, 0.6) is 0 Å². The summed E-state index contributed by atoms with van der Waals surface area (Å²) in [5.41, 5.74) is 1.74. The van der Waals surface area contributed by atoms with Gasteiger partial charge in [-0.3, -0.25) is 14.9 Å². The maximum atomic E-state index is 11.8. The van der Waals surface area contributed by atoms with E-state index in [0.717, 1.165) is 5.56 Å². The highest BCUT2D eigenvalue weighted by Gasteiger charge is 2.08. The van der Waals surface area contributed by atoms with Crippen molar-refractivity contribution >= 4 is 23.7 Å². The molecule has 0 aliphatic rings. The molecular formula is C18H18N2O5. The quantitative estimate of drug-likeness (QED) is 0.717. The van der Waals surface area contributed by atoms with E-state index in [0.29, 0.717) is 11.3 Å². The van der Waals surface area contributed by atoms with Crippen LogP contribution >= 0.6 is 0 Å². The predicted molar refractivity (Wildman–Crippen MR) is 91.3 cm³/mol. The maximum Gasteiger partial charge on any atom is 0.411 e. The highest BCUT2D eigenvalue weighted by molar-refractivity contribution is 5.95. The summed E-state index contributed by atoms with van der Waals surface area (Å²) in [5, 5.41) is 13.6. The highest BCUT2D eigenvalue weighted by Crippen LogP contribution is 2.10. The van der Waals surface area contributed by atoms with Crippen molar-refractivity contribution in [2.24, 2.45) is 0 Å². The van der Waals surface area contributed by atoms with Gasteiger partial charge in [-0.1, -0.05) is 30.3 Å². The highest BCUT2D eigenvalue weighted by atomic mass is 16.5. The summed E-state index contributed by atoms with van der Waals surface area (Å²) in [6, 6.07) is 15.5. The number of carboxylic acids is 1. The second kappa shape index (κ2) is 9.07. The van der Waals surface area contributed by atoms with Crippen molar-refractivity contribution in [1.82, 2.24) is 5.32 Å². The van der Waals surface area contributed by atoms with Gasteiger partial charge < -0.3 is 15.2 Å². The third-order valence-corrected chi connectivity index (χ3v) is 3.23. The average Bonchev–Trinajstić information content (AvgIpc) is 2.61. The first-order valence-corrected chi connectivity index (χ1v) is 7.62. The fourth-order valence-electron chi connectivity index (χ4n) is 1.97. The monoisotopic (exact) mass is 342 g/mol. The first-order valence-electron chi connectivity index (χ1n) is 7.62. The minimum Gasteiger partial charge on any atom is -0.481 e. The van der Waals surface area contributed by atoms with Crippen LogP contribution in [0.2, 0.25) is 0 Å². The van der Waals surface area contributed by atoms with Gasteiger partial charge in [-0.05, 0) is 29.8 Å². The van der Waals surface area contributed by atoms with Crippen LogP contribution in [0.4, 0.5) is 10.5 Å². The summed E-state index contributed by atoms with van der Waals surface area (Å²) in [6.45, 7) is 0.219. The number of carbonyl (C=O) groups is 3. The van der Waals surface area contributed by atoms with Crippen molar-refractivity contribution in [2.45, 2.75) is 13.0 Å². The lowest BCUT2D eigenvalue weighted by Gasteiger charge is -2.08. The number of rotatable bonds is 7. The van der Waals surface area contributed by atoms with Gasteiger partial charge >= 0.3 is 12.1 Å². The number of benzene rings is 2. The standard InChI is InChI=1S/C18H18N2O5/c21-16(22)10-11-19-17(23)14-6-8-15(9-7-14)20-18(24)25-12-13-4-2-1-3-5-13/h1-9H,10-12H2,(H,19,23)(H,20,24)(H,21,22). The lowest BCUT2D eigenvalue weighted by atomic mass is 10.2. The van der Waals surface area contributed by atoms with Gasteiger partial charge in [0.25, 0.3) is 5.91 Å². The summed E-state index contributed by atoms with van der Waals surface area (Å²) in [5.74, 6) is -1.35. The number of hydrogen-bond acceptors (Lipinski definition) is 4. The molecule has 25 heavy (non-hydrogen) atoms. The SMILES string of the molecule is O=C(O)CCNC(=O)c1ccc(NC(=O)OCc2ccccc2)cc1. The Bertz CT molecular complexity index is 729. The zero-order valence-electron chi connectivity index (χ0n) is 13.4. The smallest absolute Gasteiger partial charge is 0.411 e. The van der Waals surface area contributed by atoms with Crippen molar-refractivity contribution in [1.29, 1.82) is 0 Å². The van der Waals surface area contributed by atoms with E-state index in [2.05, 4.69) is 10.6 Å². The fourth-order valence-corrected chi connectivity index (χ4v) is 1.97. The molecule has 7 heteroatoms. The molecule has 0 fully saturated rings. The fraction of sp³-hybridized carbons (Fsp3) is 0.167. The molecule has 0 unspecified atom stereocenters. The molecular weight excluding hydrogens is 324 g/mol. The summed E-state index contributed by atoms with van der Waals surface area (Å²) in [7, 11) is 0. The first-order chi connectivity index (χ1) is 12.0. The minimum atomic E-state index is -0.978. The van der Waals surface area contributed by atoms with Crippen molar-refractivity contribution in [3.8, 4) is 0 Å². The third kappa shape index (κ3) is 6.34. The van der Waals surface area contributed by atoms with Crippen LogP contribution in [0.15, 0.2) is 54.6 Å². The Morgan fingerprint density at radius 2 is 1.64 bits per heavy atom. The van der Waals surface area contributed by atoms with Crippen molar-refractivity contribution < 1.29 is 24.2 Å². The summed E-state index contributed by atoms with van der Waals surface area (Å²) in [4.78, 5) is 33.9. The molecule has 0 saturated heterocycles. The van der Waals surface area contributed by atoms with Gasteiger partial charge in [0.2, 0.25) is 0 Å². The normalized spacial score (nSPS) is 9.92. The van der Waals surface area contributed by atoms with Gasteiger partial charge in [-0.25, -0.2) is 4.79 Å². The number of carbonyl (C=O) groups excluding carboxylic acids is 2. The lowest BCUT2D eigenvalue weighted by Crippen LogP contribution is -2.25. The van der Waals surface area contributed by atoms with Crippen molar-refractivity contribution in [3.05, 3.63) is 65.7 Å². The maximum absolute atomic E-state index is 11.8. The topological polar surface area (TPSA) is 105 Å². The van der Waals surface area contributed by atoms with E-state index in [-0.39, 0.29) is 25.5 Å². The van der Waals surface area contributed by atoms with E-state index in [1.54, 1.807) is 12.1 Å². The molecule has 0 spiro atoms. The van der Waals surface area contributed by atoms with Crippen LogP contribution in [0.3, 0.4) is 0 Å². The summed E-state index contributed by atoms with van der Waals surface area (Å²) in [6.07, 6.45) is -0.735. The van der Waals surface area contributed by atoms with Crippen molar-refractivity contribution in [2.75, 3.05) is 11.9 Å². The molecule has 3 N–H and O–H groups in total. The van der Waals surface area contributed by atoms with E-state index in [4.69, 9.17) is 9.84 Å². The number of anilines is 1. The summed E-state index contributed by atoms with van der Waals surface area (Å²) < 4.78 is 5.10. The van der Waals surface area contributed by atoms with Crippen LogP contribution in [0, 0.1) is 0 Å². The van der Waals surface area contributed by atoms with Gasteiger partial charge in [0.05, 0.1) is 6.42 Å². The Morgan fingerprint density at radius 3 is 2.28 bits per heavy atom. The van der Waals surface area contributed by atoms with Gasteiger partial charge in [0.15, 0.2) is 0 Å². The largest absolute Gasteiger partial charge is 0.481 e. The van der Waals surface area contributed by atoms with E-state index in [1.807, 2.05) is 30.3 Å². The van der Waals surface area contributed by atoms with Gasteiger partial charge in [-0.15, -0.1) is 0 Å².